The third-order valence-electron chi connectivity index (χ3n) is 7.77. The molecule has 2 atom stereocenters. The van der Waals surface area contributed by atoms with Crippen molar-refractivity contribution in [2.45, 2.75) is 37.5 Å². The third-order valence-corrected chi connectivity index (χ3v) is 7.77. The van der Waals surface area contributed by atoms with Crippen molar-refractivity contribution in [3.05, 3.63) is 71.8 Å². The van der Waals surface area contributed by atoms with Gasteiger partial charge in [-0.25, -0.2) is 0 Å². The van der Waals surface area contributed by atoms with Crippen LogP contribution in [0.3, 0.4) is 0 Å². The van der Waals surface area contributed by atoms with E-state index in [4.69, 9.17) is 0 Å². The molecule has 0 N–H and O–H groups in total. The summed E-state index contributed by atoms with van der Waals surface area (Å²) in [6.07, 6.45) is 5.66. The number of rotatable bonds is 2. The van der Waals surface area contributed by atoms with E-state index >= 15 is 0 Å². The van der Waals surface area contributed by atoms with E-state index in [2.05, 4.69) is 70.5 Å². The molecule has 0 saturated carbocycles. The zero-order chi connectivity index (χ0) is 18.8. The van der Waals surface area contributed by atoms with Crippen LogP contribution in [0.25, 0.3) is 0 Å². The highest BCUT2D eigenvalue weighted by Crippen LogP contribution is 2.39. The van der Waals surface area contributed by atoms with E-state index in [-0.39, 0.29) is 0 Å². The fourth-order valence-corrected chi connectivity index (χ4v) is 6.09. The number of piperidine rings is 6. The lowest BCUT2D eigenvalue weighted by atomic mass is 9.75. The van der Waals surface area contributed by atoms with Crippen LogP contribution < -0.4 is 0 Å². The quantitative estimate of drug-likeness (QED) is 0.730. The topological polar surface area (TPSA) is 6.48 Å². The molecule has 6 heterocycles. The van der Waals surface area contributed by atoms with Gasteiger partial charge in [0.2, 0.25) is 0 Å². The van der Waals surface area contributed by atoms with Gasteiger partial charge >= 0.3 is 0 Å². The lowest BCUT2D eigenvalue weighted by molar-refractivity contribution is 0.0871. The van der Waals surface area contributed by atoms with Gasteiger partial charge in [0.15, 0.2) is 0 Å². The van der Waals surface area contributed by atoms with Gasteiger partial charge < -0.3 is 9.80 Å². The Hall–Kier alpha value is -1.64. The van der Waals surface area contributed by atoms with Crippen molar-refractivity contribution in [3.63, 3.8) is 0 Å². The van der Waals surface area contributed by atoms with Crippen molar-refractivity contribution in [1.29, 1.82) is 0 Å². The summed E-state index contributed by atoms with van der Waals surface area (Å²) in [7, 11) is 0. The molecule has 8 rings (SSSR count). The summed E-state index contributed by atoms with van der Waals surface area (Å²) in [6.45, 7) is 7.97. The first-order chi connectivity index (χ1) is 13.9. The maximum absolute atomic E-state index is 2.62. The Balaban J connectivity index is 0.000000122. The molecule has 148 valence electrons. The molecule has 6 aliphatic heterocycles. The average molecular weight is 375 g/mol. The maximum Gasteiger partial charge on any atom is 0.00530 e. The van der Waals surface area contributed by atoms with Crippen LogP contribution in [0, 0.1) is 11.8 Å². The van der Waals surface area contributed by atoms with Crippen molar-refractivity contribution in [3.8, 4) is 0 Å². The Labute approximate surface area is 170 Å². The van der Waals surface area contributed by atoms with Crippen molar-refractivity contribution >= 4 is 0 Å². The maximum atomic E-state index is 2.62. The summed E-state index contributed by atoms with van der Waals surface area (Å²) >= 11 is 0. The Morgan fingerprint density at radius 2 is 0.857 bits per heavy atom. The Kier molecular flexibility index (Phi) is 5.51. The fourth-order valence-electron chi connectivity index (χ4n) is 6.09. The van der Waals surface area contributed by atoms with Gasteiger partial charge in [-0.1, -0.05) is 60.7 Å². The Bertz CT molecular complexity index is 662. The first-order valence-electron chi connectivity index (χ1n) is 11.4. The zero-order valence-corrected chi connectivity index (χ0v) is 17.0. The van der Waals surface area contributed by atoms with Gasteiger partial charge in [-0.3, -0.25) is 0 Å². The lowest BCUT2D eigenvalue weighted by Gasteiger charge is -2.45. The SMILES string of the molecule is c1ccc(C2CN3CCC2CC3)cc1.c1ccc(C2CN3CCC2CC3)cc1. The largest absolute Gasteiger partial charge is 0.303 e. The molecule has 4 bridgehead atoms. The first-order valence-corrected chi connectivity index (χ1v) is 11.4. The van der Waals surface area contributed by atoms with E-state index in [1.165, 1.54) is 65.0 Å². The van der Waals surface area contributed by atoms with E-state index in [1.807, 2.05) is 0 Å². The van der Waals surface area contributed by atoms with Crippen LogP contribution in [0.15, 0.2) is 60.7 Å². The summed E-state index contributed by atoms with van der Waals surface area (Å²) in [6, 6.07) is 22.1. The molecule has 2 heteroatoms. The summed E-state index contributed by atoms with van der Waals surface area (Å²) in [5.74, 6) is 3.56. The van der Waals surface area contributed by atoms with Gasteiger partial charge in [0.25, 0.3) is 0 Å². The second-order valence-electron chi connectivity index (χ2n) is 9.31. The van der Waals surface area contributed by atoms with Crippen LogP contribution in [-0.2, 0) is 0 Å². The minimum Gasteiger partial charge on any atom is -0.303 e. The Morgan fingerprint density at radius 1 is 0.500 bits per heavy atom. The van der Waals surface area contributed by atoms with Gasteiger partial charge in [0, 0.05) is 13.1 Å². The highest BCUT2D eigenvalue weighted by molar-refractivity contribution is 5.23. The number of hydrogen-bond acceptors (Lipinski definition) is 2. The first kappa shape index (κ1) is 18.4. The van der Waals surface area contributed by atoms with Gasteiger partial charge in [0.05, 0.1) is 0 Å². The molecular formula is C26H34N2. The van der Waals surface area contributed by atoms with E-state index < -0.39 is 0 Å². The lowest BCUT2D eigenvalue weighted by Crippen LogP contribution is -2.46. The Morgan fingerprint density at radius 3 is 1.14 bits per heavy atom. The summed E-state index contributed by atoms with van der Waals surface area (Å²) < 4.78 is 0. The van der Waals surface area contributed by atoms with Crippen LogP contribution in [0.1, 0.15) is 48.6 Å². The smallest absolute Gasteiger partial charge is 0.00530 e. The second kappa shape index (κ2) is 8.39. The molecule has 0 aromatic heterocycles. The zero-order valence-electron chi connectivity index (χ0n) is 17.0. The molecule has 6 fully saturated rings. The van der Waals surface area contributed by atoms with Gasteiger partial charge in [-0.2, -0.15) is 0 Å². The van der Waals surface area contributed by atoms with Gasteiger partial charge in [0.1, 0.15) is 0 Å². The number of nitrogens with zero attached hydrogens (tertiary/aromatic N) is 2. The predicted molar refractivity (Wildman–Crippen MR) is 117 cm³/mol. The molecular weight excluding hydrogens is 340 g/mol. The highest BCUT2D eigenvalue weighted by atomic mass is 15.2. The molecule has 0 aliphatic carbocycles. The van der Waals surface area contributed by atoms with Crippen LogP contribution in [0.2, 0.25) is 0 Å². The molecule has 0 spiro atoms. The number of fused-ring (bicyclic) bond motifs is 6. The van der Waals surface area contributed by atoms with Crippen LogP contribution in [0.5, 0.6) is 0 Å². The normalized spacial score (nSPS) is 35.9. The minimum absolute atomic E-state index is 0.818. The molecule has 2 unspecified atom stereocenters. The van der Waals surface area contributed by atoms with Crippen molar-refractivity contribution < 1.29 is 0 Å². The molecule has 28 heavy (non-hydrogen) atoms. The monoisotopic (exact) mass is 374 g/mol. The van der Waals surface area contributed by atoms with E-state index in [0.717, 1.165) is 23.7 Å². The van der Waals surface area contributed by atoms with Crippen LogP contribution >= 0.6 is 0 Å². The molecule has 6 aliphatic rings. The third kappa shape index (κ3) is 3.90. The minimum atomic E-state index is 0.818. The molecule has 2 aromatic carbocycles. The molecule has 0 amide bonds. The summed E-state index contributed by atoms with van der Waals surface area (Å²) in [5.41, 5.74) is 3.11. The number of benzene rings is 2. The highest BCUT2D eigenvalue weighted by Gasteiger charge is 2.35. The van der Waals surface area contributed by atoms with Gasteiger partial charge in [-0.05, 0) is 86.7 Å². The average Bonchev–Trinajstić information content (AvgIpc) is 2.82. The van der Waals surface area contributed by atoms with E-state index in [0.29, 0.717) is 0 Å². The van der Waals surface area contributed by atoms with Gasteiger partial charge in [-0.15, -0.1) is 0 Å². The standard InChI is InChI=1S/2C13H17N/c2*1-2-4-11(5-3-1)13-10-14-8-6-12(13)7-9-14/h2*1-5,12-13H,6-10H2. The molecule has 0 radical (unpaired) electrons. The van der Waals surface area contributed by atoms with Crippen molar-refractivity contribution in [2.24, 2.45) is 11.8 Å². The van der Waals surface area contributed by atoms with Crippen molar-refractivity contribution in [2.75, 3.05) is 39.3 Å². The predicted octanol–water partition coefficient (Wildman–Crippen LogP) is 4.99. The van der Waals surface area contributed by atoms with Crippen molar-refractivity contribution in [1.82, 2.24) is 9.80 Å². The summed E-state index contributed by atoms with van der Waals surface area (Å²) in [5, 5.41) is 0. The molecule has 2 nitrogen and oxygen atoms in total. The van der Waals surface area contributed by atoms with Crippen LogP contribution in [-0.4, -0.2) is 49.1 Å². The molecule has 6 saturated heterocycles. The second-order valence-corrected chi connectivity index (χ2v) is 9.31. The van der Waals surface area contributed by atoms with Crippen LogP contribution in [0.4, 0.5) is 0 Å². The fraction of sp³-hybridized carbons (Fsp3) is 0.538. The molecule has 2 aromatic rings. The van der Waals surface area contributed by atoms with E-state index in [1.54, 1.807) is 11.1 Å². The van der Waals surface area contributed by atoms with E-state index in [9.17, 15) is 0 Å². The summed E-state index contributed by atoms with van der Waals surface area (Å²) in [4.78, 5) is 5.25. The number of hydrogen-bond donors (Lipinski definition) is 0.